The topological polar surface area (TPSA) is 403 Å². The van der Waals surface area contributed by atoms with Crippen LogP contribution in [0.25, 0.3) is 17.5 Å². The second kappa shape index (κ2) is 34.0. The minimum Gasteiger partial charge on any atom is -0.476 e. The Bertz CT molecular complexity index is 6050. The third kappa shape index (κ3) is 17.5. The van der Waals surface area contributed by atoms with Crippen LogP contribution in [0.3, 0.4) is 0 Å². The molecule has 7 N–H and O–H groups in total. The largest absolute Gasteiger partial charge is 0.476 e. The van der Waals surface area contributed by atoms with Gasteiger partial charge in [0.2, 0.25) is 17.6 Å². The highest BCUT2D eigenvalue weighted by Gasteiger charge is 2.88. The fraction of sp³-hybridized carbons (Fsp3) is 0.567. The molecule has 3 amide bonds. The Balaban J connectivity index is 0.000000124. The van der Waals surface area contributed by atoms with Gasteiger partial charge in [0.15, 0.2) is 17.5 Å². The number of fused-ring (bicyclic) bond motifs is 19. The van der Waals surface area contributed by atoms with Crippen LogP contribution in [0.1, 0.15) is 234 Å². The summed E-state index contributed by atoms with van der Waals surface area (Å²) < 4.78 is 108. The van der Waals surface area contributed by atoms with E-state index < -0.39 is 47.8 Å². The van der Waals surface area contributed by atoms with Gasteiger partial charge in [0, 0.05) is 122 Å². The summed E-state index contributed by atoms with van der Waals surface area (Å²) in [6.45, 7) is 20.0. The maximum absolute atomic E-state index is 13.7. The number of aromatic nitrogens is 12. The Morgan fingerprint density at radius 3 is 1.34 bits per heavy atom. The molecule has 134 heavy (non-hydrogen) atoms. The van der Waals surface area contributed by atoms with Gasteiger partial charge in [-0.25, -0.2) is 83.4 Å². The van der Waals surface area contributed by atoms with Crippen LogP contribution in [-0.4, -0.2) is 178 Å². The molecule has 9 saturated carbocycles. The summed E-state index contributed by atoms with van der Waals surface area (Å²) in [7, 11) is -12.5. The van der Waals surface area contributed by atoms with Crippen molar-refractivity contribution in [2.45, 2.75) is 234 Å². The van der Waals surface area contributed by atoms with Gasteiger partial charge < -0.3 is 45.3 Å². The Morgan fingerprint density at radius 1 is 0.515 bits per heavy atom. The second-order valence-electron chi connectivity index (χ2n) is 41.9. The molecule has 3 saturated heterocycles. The van der Waals surface area contributed by atoms with Crippen LogP contribution in [0, 0.1) is 68.0 Å². The highest BCUT2D eigenvalue weighted by molar-refractivity contribution is 7.90. The predicted octanol–water partition coefficient (Wildman–Crippen LogP) is 14.7. The van der Waals surface area contributed by atoms with Gasteiger partial charge >= 0.3 is 0 Å². The van der Waals surface area contributed by atoms with E-state index in [9.17, 15) is 39.6 Å². The molecule has 16 aliphatic rings. The van der Waals surface area contributed by atoms with E-state index in [1.54, 1.807) is 70.2 Å². The maximum atomic E-state index is 13.7. The summed E-state index contributed by atoms with van der Waals surface area (Å²) >= 11 is 6.32. The SMILES string of the molecule is C.CC1(C)CC(CCCCNc2ccc(S(=O)(=O)NC(=O)c3ccc(-n4ccc(OCC5C6(CC6)C56CC6)n4)nc3Cl)cn2)CN1.CC1(C)CC2CCCCNc3ccc(cn3)S(=O)(=O)NC(=O)c3ccc(-n4ccc(OCC5C6(CC6)C56CC6)n4)nc3N1C2.CC1(C)CC2CCCCNc3ccc(cn3)S(=O)(=O)NC(=O)c3ccc(-n4ccc(OCC5C6(CC6)C56CC6)n4)nc3N1C2. The lowest BCUT2D eigenvalue weighted by molar-refractivity contribution is 0.0972. The molecule has 12 fully saturated rings. The van der Waals surface area contributed by atoms with Gasteiger partial charge in [0.05, 0.1) is 36.5 Å². The van der Waals surface area contributed by atoms with E-state index in [4.69, 9.17) is 35.8 Å². The van der Waals surface area contributed by atoms with Crippen molar-refractivity contribution in [1.82, 2.24) is 78.7 Å². The highest BCUT2D eigenvalue weighted by Crippen LogP contribution is 2.94. The minimum atomic E-state index is -4.18. The van der Waals surface area contributed by atoms with E-state index in [1.807, 2.05) is 24.5 Å². The molecule has 16 heterocycles. The molecule has 37 heteroatoms. The van der Waals surface area contributed by atoms with E-state index in [0.29, 0.717) is 152 Å². The third-order valence-electron chi connectivity index (χ3n) is 32.3. The molecule has 712 valence electrons. The number of ether oxygens (including phenoxy) is 3. The number of nitrogens with one attached hydrogen (secondary N) is 7. The molecule has 0 aromatic carbocycles. The van der Waals surface area contributed by atoms with Crippen LogP contribution in [0.4, 0.5) is 29.1 Å². The minimum absolute atomic E-state index is 0. The molecule has 3 unspecified atom stereocenters. The van der Waals surface area contributed by atoms with Gasteiger partial charge in [-0.2, -0.15) is 0 Å². The maximum Gasteiger partial charge on any atom is 0.268 e. The summed E-state index contributed by atoms with van der Waals surface area (Å²) in [5, 5.41) is 27.0. The van der Waals surface area contributed by atoms with E-state index >= 15 is 0 Å². The molecule has 33 nitrogen and oxygen atoms in total. The number of pyridine rings is 6. The number of hydrogen-bond acceptors (Lipinski definition) is 27. The Kier molecular flexibility index (Phi) is 23.1. The van der Waals surface area contributed by atoms with Gasteiger partial charge in [-0.3, -0.25) is 14.4 Å². The van der Waals surface area contributed by atoms with Crippen molar-refractivity contribution in [3.05, 3.63) is 150 Å². The van der Waals surface area contributed by atoms with E-state index in [1.165, 1.54) is 137 Å². The Hall–Kier alpha value is -10.6. The van der Waals surface area contributed by atoms with Crippen molar-refractivity contribution >= 4 is 88.5 Å². The zero-order chi connectivity index (χ0) is 92.1. The molecule has 9 aliphatic carbocycles. The van der Waals surface area contributed by atoms with Gasteiger partial charge in [-0.05, 0) is 306 Å². The lowest BCUT2D eigenvalue weighted by Crippen LogP contribution is -2.41. The van der Waals surface area contributed by atoms with Crippen molar-refractivity contribution in [3.8, 4) is 35.1 Å². The summed E-state index contributed by atoms with van der Waals surface area (Å²) in [6.07, 6.45) is 37.7. The van der Waals surface area contributed by atoms with E-state index in [0.717, 1.165) is 103 Å². The van der Waals surface area contributed by atoms with Crippen molar-refractivity contribution < 1.29 is 53.8 Å². The molecule has 9 aromatic heterocycles. The average Bonchev–Trinajstić information content (AvgIpc) is 1.45. The number of nitrogens with zero attached hydrogens (tertiary/aromatic N) is 14. The van der Waals surface area contributed by atoms with Gasteiger partial charge in [-0.15, -0.1) is 15.3 Å². The van der Waals surface area contributed by atoms with Crippen LogP contribution >= 0.6 is 11.6 Å². The molecule has 9 aromatic rings. The fourth-order valence-electron chi connectivity index (χ4n) is 24.4. The smallest absolute Gasteiger partial charge is 0.268 e. The number of hydrogen-bond donors (Lipinski definition) is 7. The predicted molar refractivity (Wildman–Crippen MR) is 506 cm³/mol. The fourth-order valence-corrected chi connectivity index (χ4v) is 27.4. The molecule has 6 spiro atoms. The third-order valence-corrected chi connectivity index (χ3v) is 36.5. The van der Waals surface area contributed by atoms with Crippen molar-refractivity contribution in [1.29, 1.82) is 0 Å². The molecule has 25 rings (SSSR count). The van der Waals surface area contributed by atoms with Gasteiger partial charge in [0.25, 0.3) is 47.8 Å². The first kappa shape index (κ1) is 91.2. The quantitative estimate of drug-likeness (QED) is 0.0259. The number of carbonyl (C=O) groups is 3. The molecule has 7 aliphatic heterocycles. The lowest BCUT2D eigenvalue weighted by atomic mass is 9.93. The summed E-state index contributed by atoms with van der Waals surface area (Å²) in [5.74, 6) is 6.92. The van der Waals surface area contributed by atoms with Crippen LogP contribution < -0.4 is 59.4 Å². The van der Waals surface area contributed by atoms with E-state index in [-0.39, 0.29) is 60.6 Å². The highest BCUT2D eigenvalue weighted by atomic mass is 35.5. The second-order valence-corrected chi connectivity index (χ2v) is 47.3. The number of rotatable bonds is 21. The van der Waals surface area contributed by atoms with Gasteiger partial charge in [0.1, 0.15) is 48.9 Å². The van der Waals surface area contributed by atoms with Crippen molar-refractivity contribution in [3.63, 3.8) is 0 Å². The van der Waals surface area contributed by atoms with Crippen LogP contribution in [-0.2, 0) is 30.1 Å². The molecular weight excluding hydrogens is 1780 g/mol. The normalized spacial score (nSPS) is 24.2. The molecule has 3 atom stereocenters. The van der Waals surface area contributed by atoms with Crippen molar-refractivity contribution in [2.24, 2.45) is 68.0 Å². The average molecular weight is 1910 g/mol. The number of sulfonamides is 3. The zero-order valence-corrected chi connectivity index (χ0v) is 79.4. The number of halogens is 1. The number of carbonyl (C=O) groups excluding carboxylic acids is 3. The molecule has 0 radical (unpaired) electrons. The first-order valence-corrected chi connectivity index (χ1v) is 52.4. The van der Waals surface area contributed by atoms with E-state index in [2.05, 4.69) is 122 Å². The number of amides is 3. The zero-order valence-electron chi connectivity index (χ0n) is 76.2. The Labute approximate surface area is 788 Å². The number of unbranched alkanes of at least 4 members (excludes halogenated alkanes) is 1. The summed E-state index contributed by atoms with van der Waals surface area (Å²) in [6, 6.07) is 24.3. The Morgan fingerprint density at radius 2 is 0.948 bits per heavy atom. The van der Waals surface area contributed by atoms with Gasteiger partial charge in [-0.1, -0.05) is 38.3 Å². The first-order chi connectivity index (χ1) is 63.7. The van der Waals surface area contributed by atoms with Crippen LogP contribution in [0.2, 0.25) is 5.15 Å². The van der Waals surface area contributed by atoms with Crippen LogP contribution in [0.5, 0.6) is 17.6 Å². The number of anilines is 5. The lowest BCUT2D eigenvalue weighted by Gasteiger charge is -2.34. The van der Waals surface area contributed by atoms with Crippen LogP contribution in [0.15, 0.2) is 143 Å². The monoisotopic (exact) mass is 1900 g/mol. The molecular formula is C97H122ClN21O12S3. The first-order valence-electron chi connectivity index (χ1n) is 47.6. The summed E-state index contributed by atoms with van der Waals surface area (Å²) in [4.78, 5) is 71.1. The van der Waals surface area contributed by atoms with Crippen molar-refractivity contribution in [2.75, 3.05) is 84.8 Å². The molecule has 8 bridgehead atoms. The summed E-state index contributed by atoms with van der Waals surface area (Å²) in [5.41, 5.74) is 3.41. The standard InChI is InChI=1S/C32H40ClN7O4S.2C32H39N7O4S.CH4/c1-30(2)17-21(18-36-30)5-3-4-15-34-25-8-6-22(19-35-25)45(42,43)39-29(41)23-7-9-26(37-28(23)33)40-16-10-27(38-40)44-20-24-31(11-12-31)32(24)13-14-32;2*1-30(2)17-21-5-3-4-15-33-25-8-6-22(18-34-25)44(41,42)37-29(40)23-7-9-26(35-28(23)38(30)19-21)39-16-10-27(36-39)43-20-24-31(11-12-31)32(24)13-14-32;/h6-10,16,19,21,24,36H,3-5,11-15,17-18,20H2,1-2H3,(H,34,35)(H,39,41);2*6-10,16,18,21,24H,3-5,11-15,17,19-20H2,1-2H3,(H,33,34)(H,37,40);1H4.